The van der Waals surface area contributed by atoms with Crippen molar-refractivity contribution in [2.24, 2.45) is 0 Å². The second-order valence-electron chi connectivity index (χ2n) is 3.99. The summed E-state index contributed by atoms with van der Waals surface area (Å²) in [5.41, 5.74) is 0. The smallest absolute Gasteiger partial charge is 0.303 e. The Kier molecular flexibility index (Phi) is 5.30. The summed E-state index contributed by atoms with van der Waals surface area (Å²) < 4.78 is 25.4. The number of unbranched alkanes of at least 4 members (excludes halogenated alkanes) is 1. The normalized spacial score (nSPS) is 11.7. The first-order chi connectivity index (χ1) is 8.44. The molecule has 1 aromatic carbocycles. The van der Waals surface area contributed by atoms with Gasteiger partial charge in [-0.3, -0.25) is 4.79 Å². The van der Waals surface area contributed by atoms with Gasteiger partial charge in [-0.15, -0.1) is 0 Å². The van der Waals surface area contributed by atoms with Gasteiger partial charge in [0.2, 0.25) is 10.0 Å². The van der Waals surface area contributed by atoms with E-state index < -0.39 is 16.0 Å². The summed E-state index contributed by atoms with van der Waals surface area (Å²) in [5, 5.41) is 8.48. The van der Waals surface area contributed by atoms with Crippen LogP contribution in [0.3, 0.4) is 0 Å². The van der Waals surface area contributed by atoms with Crippen LogP contribution >= 0.6 is 0 Å². The zero-order chi connectivity index (χ0) is 13.6. The lowest BCUT2D eigenvalue weighted by molar-refractivity contribution is -0.137. The Morgan fingerprint density at radius 2 is 1.83 bits per heavy atom. The number of carboxylic acids is 1. The number of benzene rings is 1. The van der Waals surface area contributed by atoms with Gasteiger partial charge in [0, 0.05) is 20.0 Å². The van der Waals surface area contributed by atoms with Crippen LogP contribution < -0.4 is 0 Å². The van der Waals surface area contributed by atoms with Crippen LogP contribution in [0.25, 0.3) is 0 Å². The largest absolute Gasteiger partial charge is 0.481 e. The van der Waals surface area contributed by atoms with Gasteiger partial charge >= 0.3 is 5.97 Å². The van der Waals surface area contributed by atoms with E-state index in [1.807, 2.05) is 0 Å². The van der Waals surface area contributed by atoms with Crippen molar-refractivity contribution >= 4 is 16.0 Å². The van der Waals surface area contributed by atoms with E-state index >= 15 is 0 Å². The predicted molar refractivity (Wildman–Crippen MR) is 67.7 cm³/mol. The lowest BCUT2D eigenvalue weighted by Gasteiger charge is -2.16. The highest BCUT2D eigenvalue weighted by atomic mass is 32.2. The van der Waals surface area contributed by atoms with E-state index in [1.165, 1.54) is 11.4 Å². The van der Waals surface area contributed by atoms with E-state index in [9.17, 15) is 13.2 Å². The number of carboxylic acid groups (broad SMARTS) is 1. The molecule has 0 amide bonds. The molecule has 0 heterocycles. The van der Waals surface area contributed by atoms with Gasteiger partial charge in [-0.05, 0) is 25.0 Å². The monoisotopic (exact) mass is 271 g/mol. The Balaban J connectivity index is 2.56. The molecule has 0 aliphatic rings. The van der Waals surface area contributed by atoms with Gasteiger partial charge in [0.1, 0.15) is 0 Å². The molecule has 6 heteroatoms. The predicted octanol–water partition coefficient (Wildman–Crippen LogP) is 1.56. The summed E-state index contributed by atoms with van der Waals surface area (Å²) in [5.74, 6) is -0.858. The maximum atomic E-state index is 12.1. The van der Waals surface area contributed by atoms with Crippen molar-refractivity contribution in [2.75, 3.05) is 13.6 Å². The molecule has 0 saturated heterocycles. The first-order valence-corrected chi connectivity index (χ1v) is 7.12. The number of rotatable bonds is 7. The molecule has 0 aromatic heterocycles. The molecule has 0 spiro atoms. The van der Waals surface area contributed by atoms with Crippen molar-refractivity contribution in [1.82, 2.24) is 4.31 Å². The molecule has 0 aliphatic carbocycles. The van der Waals surface area contributed by atoms with Gasteiger partial charge < -0.3 is 5.11 Å². The van der Waals surface area contributed by atoms with E-state index in [-0.39, 0.29) is 11.3 Å². The van der Waals surface area contributed by atoms with Crippen LogP contribution in [0.15, 0.2) is 35.2 Å². The van der Waals surface area contributed by atoms with Crippen molar-refractivity contribution in [3.8, 4) is 0 Å². The van der Waals surface area contributed by atoms with Crippen molar-refractivity contribution in [1.29, 1.82) is 0 Å². The molecule has 18 heavy (non-hydrogen) atoms. The van der Waals surface area contributed by atoms with Crippen molar-refractivity contribution < 1.29 is 18.3 Å². The van der Waals surface area contributed by atoms with Crippen LogP contribution in [-0.2, 0) is 14.8 Å². The third-order valence-corrected chi connectivity index (χ3v) is 4.44. The van der Waals surface area contributed by atoms with Crippen LogP contribution in [0.5, 0.6) is 0 Å². The number of nitrogens with zero attached hydrogens (tertiary/aromatic N) is 1. The Hall–Kier alpha value is -1.40. The van der Waals surface area contributed by atoms with Gasteiger partial charge in [-0.2, -0.15) is 0 Å². The maximum absolute atomic E-state index is 12.1. The molecular formula is C12H17NO4S. The van der Waals surface area contributed by atoms with Crippen molar-refractivity contribution in [2.45, 2.75) is 24.2 Å². The number of carbonyl (C=O) groups is 1. The first-order valence-electron chi connectivity index (χ1n) is 5.68. The third-order valence-electron chi connectivity index (χ3n) is 2.57. The fourth-order valence-corrected chi connectivity index (χ4v) is 2.73. The molecule has 0 bridgehead atoms. The Bertz CT molecular complexity index is 484. The molecule has 0 saturated carbocycles. The molecule has 1 aromatic rings. The third kappa shape index (κ3) is 4.12. The van der Waals surface area contributed by atoms with E-state index in [0.29, 0.717) is 19.4 Å². The van der Waals surface area contributed by atoms with Gasteiger partial charge in [-0.25, -0.2) is 12.7 Å². The summed E-state index contributed by atoms with van der Waals surface area (Å²) in [6.07, 6.45) is 1.08. The summed E-state index contributed by atoms with van der Waals surface area (Å²) in [4.78, 5) is 10.6. The summed E-state index contributed by atoms with van der Waals surface area (Å²) in [7, 11) is -1.95. The molecule has 0 aliphatic heterocycles. The van der Waals surface area contributed by atoms with Gasteiger partial charge in [0.25, 0.3) is 0 Å². The van der Waals surface area contributed by atoms with Crippen LogP contribution in [0, 0.1) is 0 Å². The average molecular weight is 271 g/mol. The quantitative estimate of drug-likeness (QED) is 0.764. The second kappa shape index (κ2) is 6.51. The molecule has 100 valence electrons. The molecule has 1 N–H and O–H groups in total. The number of aliphatic carboxylic acids is 1. The zero-order valence-electron chi connectivity index (χ0n) is 10.2. The fraction of sp³-hybridized carbons (Fsp3) is 0.417. The Morgan fingerprint density at radius 1 is 1.22 bits per heavy atom. The summed E-state index contributed by atoms with van der Waals surface area (Å²) in [6, 6.07) is 8.19. The molecule has 0 atom stereocenters. The highest BCUT2D eigenvalue weighted by Crippen LogP contribution is 2.14. The summed E-state index contributed by atoms with van der Waals surface area (Å²) in [6.45, 7) is 0.324. The minimum absolute atomic E-state index is 0.0687. The topological polar surface area (TPSA) is 74.7 Å². The average Bonchev–Trinajstić information content (AvgIpc) is 2.35. The molecule has 1 rings (SSSR count). The highest BCUT2D eigenvalue weighted by Gasteiger charge is 2.19. The Morgan fingerprint density at radius 3 is 2.39 bits per heavy atom. The molecule has 0 fully saturated rings. The fourth-order valence-electron chi connectivity index (χ4n) is 1.50. The van der Waals surface area contributed by atoms with Crippen molar-refractivity contribution in [3.05, 3.63) is 30.3 Å². The minimum atomic E-state index is -3.45. The standard InChI is InChI=1S/C12H17NO4S/c1-13(10-6-5-9-12(14)15)18(16,17)11-7-3-2-4-8-11/h2-4,7-8H,5-6,9-10H2,1H3,(H,14,15). The lowest BCUT2D eigenvalue weighted by atomic mass is 10.2. The van der Waals surface area contributed by atoms with Crippen LogP contribution in [0.2, 0.25) is 0 Å². The van der Waals surface area contributed by atoms with E-state index in [0.717, 1.165) is 0 Å². The van der Waals surface area contributed by atoms with Crippen LogP contribution in [0.4, 0.5) is 0 Å². The molecule has 5 nitrogen and oxygen atoms in total. The zero-order valence-corrected chi connectivity index (χ0v) is 11.1. The van der Waals surface area contributed by atoms with Crippen LogP contribution in [-0.4, -0.2) is 37.4 Å². The first kappa shape index (κ1) is 14.7. The second-order valence-corrected chi connectivity index (χ2v) is 6.04. The number of hydrogen-bond donors (Lipinski definition) is 1. The maximum Gasteiger partial charge on any atom is 0.303 e. The SMILES string of the molecule is CN(CCCCC(=O)O)S(=O)(=O)c1ccccc1. The van der Waals surface area contributed by atoms with Crippen molar-refractivity contribution in [3.63, 3.8) is 0 Å². The number of sulfonamides is 1. The van der Waals surface area contributed by atoms with E-state index in [1.54, 1.807) is 30.3 Å². The highest BCUT2D eigenvalue weighted by molar-refractivity contribution is 7.89. The van der Waals surface area contributed by atoms with Gasteiger partial charge in [-0.1, -0.05) is 18.2 Å². The van der Waals surface area contributed by atoms with E-state index in [2.05, 4.69) is 0 Å². The molecular weight excluding hydrogens is 254 g/mol. The number of hydrogen-bond acceptors (Lipinski definition) is 3. The molecule has 0 radical (unpaired) electrons. The minimum Gasteiger partial charge on any atom is -0.481 e. The summed E-state index contributed by atoms with van der Waals surface area (Å²) >= 11 is 0. The lowest BCUT2D eigenvalue weighted by Crippen LogP contribution is -2.28. The Labute approximate surface area is 107 Å². The molecule has 0 unspecified atom stereocenters. The van der Waals surface area contributed by atoms with Gasteiger partial charge in [0.05, 0.1) is 4.90 Å². The van der Waals surface area contributed by atoms with Gasteiger partial charge in [0.15, 0.2) is 0 Å². The van der Waals surface area contributed by atoms with E-state index in [4.69, 9.17) is 5.11 Å². The van der Waals surface area contributed by atoms with Crippen LogP contribution in [0.1, 0.15) is 19.3 Å².